The molecular formula is C15H15ClN2O. The Morgan fingerprint density at radius 1 is 1.21 bits per heavy atom. The standard InChI is InChI=1S/C15H15ClN2O/c1-2-18(12-7-5-6-11(17)10-12)15(19)13-8-3-4-9-14(13)16/h3-10H,2,17H2,1H3. The van der Waals surface area contributed by atoms with Crippen LogP contribution in [0.25, 0.3) is 0 Å². The molecule has 98 valence electrons. The minimum atomic E-state index is -0.126. The van der Waals surface area contributed by atoms with Crippen molar-refractivity contribution < 1.29 is 4.79 Å². The van der Waals surface area contributed by atoms with E-state index in [0.29, 0.717) is 22.8 Å². The Kier molecular flexibility index (Phi) is 4.07. The van der Waals surface area contributed by atoms with E-state index < -0.39 is 0 Å². The van der Waals surface area contributed by atoms with E-state index in [-0.39, 0.29) is 5.91 Å². The van der Waals surface area contributed by atoms with Gasteiger partial charge in [-0.2, -0.15) is 0 Å². The minimum Gasteiger partial charge on any atom is -0.399 e. The molecule has 0 atom stereocenters. The van der Waals surface area contributed by atoms with Gasteiger partial charge in [0.05, 0.1) is 10.6 Å². The quantitative estimate of drug-likeness (QED) is 0.870. The van der Waals surface area contributed by atoms with Gasteiger partial charge in [-0.3, -0.25) is 4.79 Å². The van der Waals surface area contributed by atoms with Crippen LogP contribution in [0.15, 0.2) is 48.5 Å². The van der Waals surface area contributed by atoms with Gasteiger partial charge < -0.3 is 10.6 Å². The maximum Gasteiger partial charge on any atom is 0.259 e. The second kappa shape index (κ2) is 5.76. The molecule has 2 aromatic rings. The molecular weight excluding hydrogens is 260 g/mol. The van der Waals surface area contributed by atoms with Gasteiger partial charge in [0.15, 0.2) is 0 Å². The van der Waals surface area contributed by atoms with Gasteiger partial charge in [0.1, 0.15) is 0 Å². The van der Waals surface area contributed by atoms with Crippen LogP contribution in [0.2, 0.25) is 5.02 Å². The van der Waals surface area contributed by atoms with Crippen LogP contribution in [-0.2, 0) is 0 Å². The van der Waals surface area contributed by atoms with E-state index in [1.54, 1.807) is 41.3 Å². The fourth-order valence-electron chi connectivity index (χ4n) is 1.92. The number of nitrogens with two attached hydrogens (primary N) is 1. The summed E-state index contributed by atoms with van der Waals surface area (Å²) in [7, 11) is 0. The minimum absolute atomic E-state index is 0.126. The molecule has 0 aliphatic carbocycles. The Labute approximate surface area is 117 Å². The van der Waals surface area contributed by atoms with E-state index in [0.717, 1.165) is 5.69 Å². The predicted octanol–water partition coefficient (Wildman–Crippen LogP) is 3.59. The van der Waals surface area contributed by atoms with Crippen molar-refractivity contribution in [3.63, 3.8) is 0 Å². The third-order valence-electron chi connectivity index (χ3n) is 2.85. The zero-order valence-corrected chi connectivity index (χ0v) is 11.4. The Morgan fingerprint density at radius 2 is 1.95 bits per heavy atom. The first-order valence-corrected chi connectivity index (χ1v) is 6.43. The van der Waals surface area contributed by atoms with Crippen molar-refractivity contribution in [2.45, 2.75) is 6.92 Å². The van der Waals surface area contributed by atoms with Crippen molar-refractivity contribution in [1.29, 1.82) is 0 Å². The summed E-state index contributed by atoms with van der Waals surface area (Å²) in [5.41, 5.74) is 7.65. The monoisotopic (exact) mass is 274 g/mol. The molecule has 0 heterocycles. The van der Waals surface area contributed by atoms with E-state index in [1.807, 2.05) is 19.1 Å². The largest absolute Gasteiger partial charge is 0.399 e. The summed E-state index contributed by atoms with van der Waals surface area (Å²) >= 11 is 6.07. The van der Waals surface area contributed by atoms with Gasteiger partial charge in [-0.15, -0.1) is 0 Å². The second-order valence-electron chi connectivity index (χ2n) is 4.12. The van der Waals surface area contributed by atoms with Crippen LogP contribution in [0.4, 0.5) is 11.4 Å². The van der Waals surface area contributed by atoms with Crippen LogP contribution in [0.3, 0.4) is 0 Å². The van der Waals surface area contributed by atoms with Crippen LogP contribution in [0, 0.1) is 0 Å². The van der Waals surface area contributed by atoms with Gasteiger partial charge in [-0.1, -0.05) is 29.8 Å². The number of amides is 1. The summed E-state index contributed by atoms with van der Waals surface area (Å²) in [4.78, 5) is 14.2. The van der Waals surface area contributed by atoms with Crippen molar-refractivity contribution in [3.8, 4) is 0 Å². The molecule has 0 saturated heterocycles. The Bertz CT molecular complexity index is 598. The third-order valence-corrected chi connectivity index (χ3v) is 3.18. The van der Waals surface area contributed by atoms with Crippen molar-refractivity contribution in [3.05, 3.63) is 59.1 Å². The number of benzene rings is 2. The fraction of sp³-hybridized carbons (Fsp3) is 0.133. The second-order valence-corrected chi connectivity index (χ2v) is 4.53. The number of rotatable bonds is 3. The highest BCUT2D eigenvalue weighted by molar-refractivity contribution is 6.34. The number of hydrogen-bond donors (Lipinski definition) is 1. The van der Waals surface area contributed by atoms with E-state index in [2.05, 4.69) is 0 Å². The van der Waals surface area contributed by atoms with Gasteiger partial charge in [-0.05, 0) is 37.3 Å². The van der Waals surface area contributed by atoms with Gasteiger partial charge in [0, 0.05) is 17.9 Å². The molecule has 2 N–H and O–H groups in total. The highest BCUT2D eigenvalue weighted by Crippen LogP contribution is 2.23. The van der Waals surface area contributed by atoms with E-state index in [9.17, 15) is 4.79 Å². The van der Waals surface area contributed by atoms with Gasteiger partial charge in [0.2, 0.25) is 0 Å². The number of carbonyl (C=O) groups is 1. The van der Waals surface area contributed by atoms with Crippen LogP contribution in [0.5, 0.6) is 0 Å². The fourth-order valence-corrected chi connectivity index (χ4v) is 2.13. The zero-order chi connectivity index (χ0) is 13.8. The average molecular weight is 275 g/mol. The highest BCUT2D eigenvalue weighted by atomic mass is 35.5. The SMILES string of the molecule is CCN(C(=O)c1ccccc1Cl)c1cccc(N)c1. The van der Waals surface area contributed by atoms with E-state index >= 15 is 0 Å². The van der Waals surface area contributed by atoms with Gasteiger partial charge >= 0.3 is 0 Å². The number of hydrogen-bond acceptors (Lipinski definition) is 2. The van der Waals surface area contributed by atoms with Crippen molar-refractivity contribution in [2.24, 2.45) is 0 Å². The van der Waals surface area contributed by atoms with Crippen LogP contribution < -0.4 is 10.6 Å². The lowest BCUT2D eigenvalue weighted by Gasteiger charge is -2.22. The molecule has 1 amide bonds. The number of nitrogens with zero attached hydrogens (tertiary/aromatic N) is 1. The molecule has 0 radical (unpaired) electrons. The lowest BCUT2D eigenvalue weighted by Crippen LogP contribution is -2.30. The topological polar surface area (TPSA) is 46.3 Å². The van der Waals surface area contributed by atoms with E-state index in [1.165, 1.54) is 0 Å². The predicted molar refractivity (Wildman–Crippen MR) is 79.7 cm³/mol. The molecule has 2 aromatic carbocycles. The molecule has 0 aromatic heterocycles. The van der Waals surface area contributed by atoms with Crippen molar-refractivity contribution in [1.82, 2.24) is 0 Å². The van der Waals surface area contributed by atoms with Crippen molar-refractivity contribution >= 4 is 28.9 Å². The smallest absolute Gasteiger partial charge is 0.259 e. The number of halogens is 1. The van der Waals surface area contributed by atoms with Crippen LogP contribution >= 0.6 is 11.6 Å². The molecule has 0 unspecified atom stereocenters. The summed E-state index contributed by atoms with van der Waals surface area (Å²) in [6, 6.07) is 14.3. The van der Waals surface area contributed by atoms with Crippen LogP contribution in [-0.4, -0.2) is 12.5 Å². The molecule has 0 spiro atoms. The molecule has 0 aliphatic heterocycles. The first kappa shape index (κ1) is 13.4. The first-order valence-electron chi connectivity index (χ1n) is 6.05. The first-order chi connectivity index (χ1) is 9.13. The van der Waals surface area contributed by atoms with Gasteiger partial charge in [-0.25, -0.2) is 0 Å². The molecule has 0 aliphatic rings. The number of anilines is 2. The normalized spacial score (nSPS) is 10.2. The van der Waals surface area contributed by atoms with Crippen molar-refractivity contribution in [2.75, 3.05) is 17.2 Å². The van der Waals surface area contributed by atoms with E-state index in [4.69, 9.17) is 17.3 Å². The summed E-state index contributed by atoms with van der Waals surface area (Å²) in [6.45, 7) is 2.46. The Morgan fingerprint density at radius 3 is 2.58 bits per heavy atom. The van der Waals surface area contributed by atoms with Crippen LogP contribution in [0.1, 0.15) is 17.3 Å². The lowest BCUT2D eigenvalue weighted by molar-refractivity contribution is 0.0988. The average Bonchev–Trinajstić information content (AvgIpc) is 2.40. The summed E-state index contributed by atoms with van der Waals surface area (Å²) in [5.74, 6) is -0.126. The summed E-state index contributed by atoms with van der Waals surface area (Å²) in [5, 5.41) is 0.454. The molecule has 3 nitrogen and oxygen atoms in total. The summed E-state index contributed by atoms with van der Waals surface area (Å²) in [6.07, 6.45) is 0. The number of nitrogen functional groups attached to an aromatic ring is 1. The third kappa shape index (κ3) is 2.88. The highest BCUT2D eigenvalue weighted by Gasteiger charge is 2.18. The molecule has 2 rings (SSSR count). The number of carbonyl (C=O) groups excluding carboxylic acids is 1. The summed E-state index contributed by atoms with van der Waals surface area (Å²) < 4.78 is 0. The Balaban J connectivity index is 2.38. The molecule has 19 heavy (non-hydrogen) atoms. The molecule has 0 fully saturated rings. The molecule has 0 bridgehead atoms. The zero-order valence-electron chi connectivity index (χ0n) is 10.6. The lowest BCUT2D eigenvalue weighted by atomic mass is 10.1. The molecule has 4 heteroatoms. The Hall–Kier alpha value is -2.00. The van der Waals surface area contributed by atoms with Gasteiger partial charge in [0.25, 0.3) is 5.91 Å². The molecule has 0 saturated carbocycles. The maximum atomic E-state index is 12.5. The maximum absolute atomic E-state index is 12.5.